The maximum absolute atomic E-state index is 11.6. The molecule has 1 rings (SSSR count). The molecule has 1 aliphatic rings. The largest absolute Gasteiger partial charge is 0.480 e. The van der Waals surface area contributed by atoms with Gasteiger partial charge in [-0.05, 0) is 0 Å². The molecular weight excluding hydrogens is 226 g/mol. The first-order chi connectivity index (χ1) is 8.13. The molecule has 0 spiro atoms. The fourth-order valence-corrected chi connectivity index (χ4v) is 1.70. The number of piperazine rings is 1. The van der Waals surface area contributed by atoms with Crippen molar-refractivity contribution in [3.63, 3.8) is 0 Å². The second-order valence-electron chi connectivity index (χ2n) is 4.00. The molecule has 0 aromatic rings. The lowest BCUT2D eigenvalue weighted by molar-refractivity contribution is -0.142. The van der Waals surface area contributed by atoms with Crippen molar-refractivity contribution in [1.82, 2.24) is 15.5 Å². The third kappa shape index (κ3) is 5.12. The topological polar surface area (TPSA) is 102 Å². The third-order valence-corrected chi connectivity index (χ3v) is 2.63. The van der Waals surface area contributed by atoms with Crippen LogP contribution in [0.25, 0.3) is 0 Å². The van der Waals surface area contributed by atoms with Crippen LogP contribution in [0.5, 0.6) is 0 Å². The smallest absolute Gasteiger partial charge is 0.326 e. The summed E-state index contributed by atoms with van der Waals surface area (Å²) in [6, 6.07) is -1.00. The summed E-state index contributed by atoms with van der Waals surface area (Å²) in [5.74, 6) is -1.43. The molecule has 1 amide bonds. The molecule has 0 unspecified atom stereocenters. The van der Waals surface area contributed by atoms with Crippen LogP contribution in [0.3, 0.4) is 0 Å². The maximum Gasteiger partial charge on any atom is 0.326 e. The van der Waals surface area contributed by atoms with E-state index < -0.39 is 12.0 Å². The molecule has 17 heavy (non-hydrogen) atoms. The average Bonchev–Trinajstić information content (AvgIpc) is 2.29. The SMILES string of the molecule is O=C(CN1CCNCC1)N[C@H](CCO)C(=O)O. The number of aliphatic carboxylic acids is 1. The van der Waals surface area contributed by atoms with E-state index in [1.54, 1.807) is 0 Å². The minimum atomic E-state index is -1.12. The highest BCUT2D eigenvalue weighted by molar-refractivity contribution is 5.84. The molecule has 1 saturated heterocycles. The lowest BCUT2D eigenvalue weighted by Gasteiger charge is -2.27. The quantitative estimate of drug-likeness (QED) is 0.425. The van der Waals surface area contributed by atoms with Crippen LogP contribution >= 0.6 is 0 Å². The second kappa shape index (κ2) is 7.21. The Bertz CT molecular complexity index is 266. The number of carbonyl (C=O) groups excluding carboxylic acids is 1. The van der Waals surface area contributed by atoms with Gasteiger partial charge in [-0.2, -0.15) is 0 Å². The lowest BCUT2D eigenvalue weighted by Crippen LogP contribution is -2.50. The molecule has 0 bridgehead atoms. The van der Waals surface area contributed by atoms with Gasteiger partial charge in [-0.3, -0.25) is 9.69 Å². The number of carbonyl (C=O) groups is 2. The van der Waals surface area contributed by atoms with E-state index in [0.717, 1.165) is 26.2 Å². The molecule has 1 fully saturated rings. The van der Waals surface area contributed by atoms with E-state index in [0.29, 0.717) is 0 Å². The Kier molecular flexibility index (Phi) is 5.88. The molecule has 7 heteroatoms. The van der Waals surface area contributed by atoms with Crippen LogP contribution in [0, 0.1) is 0 Å². The number of rotatable bonds is 6. The summed E-state index contributed by atoms with van der Waals surface area (Å²) < 4.78 is 0. The Morgan fingerprint density at radius 3 is 2.53 bits per heavy atom. The van der Waals surface area contributed by atoms with Gasteiger partial charge in [0.25, 0.3) is 0 Å². The number of hydrogen-bond acceptors (Lipinski definition) is 5. The van der Waals surface area contributed by atoms with Crippen LogP contribution in [0.2, 0.25) is 0 Å². The van der Waals surface area contributed by atoms with E-state index in [2.05, 4.69) is 10.6 Å². The summed E-state index contributed by atoms with van der Waals surface area (Å²) in [6.07, 6.45) is 0.0304. The van der Waals surface area contributed by atoms with Crippen molar-refractivity contribution in [2.75, 3.05) is 39.3 Å². The Hall–Kier alpha value is -1.18. The van der Waals surface area contributed by atoms with Crippen LogP contribution in [0.1, 0.15) is 6.42 Å². The molecule has 1 atom stereocenters. The molecule has 1 heterocycles. The third-order valence-electron chi connectivity index (χ3n) is 2.63. The molecular formula is C10H19N3O4. The first-order valence-corrected chi connectivity index (χ1v) is 5.69. The van der Waals surface area contributed by atoms with Crippen molar-refractivity contribution >= 4 is 11.9 Å². The molecule has 7 nitrogen and oxygen atoms in total. The molecule has 1 aliphatic heterocycles. The summed E-state index contributed by atoms with van der Waals surface area (Å²) in [5.41, 5.74) is 0. The standard InChI is InChI=1S/C10H19N3O4/c14-6-1-8(10(16)17)12-9(15)7-13-4-2-11-3-5-13/h8,11,14H,1-7H2,(H,12,15)(H,16,17)/t8-/m1/s1. The Balaban J connectivity index is 2.33. The normalized spacial score (nSPS) is 18.6. The number of carboxylic acid groups (broad SMARTS) is 1. The van der Waals surface area contributed by atoms with Crippen LogP contribution in [0.4, 0.5) is 0 Å². The molecule has 0 aromatic carbocycles. The summed E-state index contributed by atoms with van der Waals surface area (Å²) in [5, 5.41) is 23.1. The van der Waals surface area contributed by atoms with E-state index >= 15 is 0 Å². The zero-order valence-corrected chi connectivity index (χ0v) is 9.69. The summed E-state index contributed by atoms with van der Waals surface area (Å²) in [6.45, 7) is 3.19. The van der Waals surface area contributed by atoms with Gasteiger partial charge >= 0.3 is 5.97 Å². The number of hydrogen-bond donors (Lipinski definition) is 4. The second-order valence-corrected chi connectivity index (χ2v) is 4.00. The highest BCUT2D eigenvalue weighted by Gasteiger charge is 2.21. The van der Waals surface area contributed by atoms with Gasteiger partial charge in [0.2, 0.25) is 5.91 Å². The predicted octanol–water partition coefficient (Wildman–Crippen LogP) is -2.16. The summed E-state index contributed by atoms with van der Waals surface area (Å²) in [7, 11) is 0. The molecule has 0 saturated carbocycles. The minimum Gasteiger partial charge on any atom is -0.480 e. The molecule has 4 N–H and O–H groups in total. The number of aliphatic hydroxyl groups excluding tert-OH is 1. The Labute approximate surface area is 99.8 Å². The molecule has 98 valence electrons. The van der Waals surface area contributed by atoms with Gasteiger partial charge < -0.3 is 20.8 Å². The van der Waals surface area contributed by atoms with Gasteiger partial charge in [0.15, 0.2) is 0 Å². The van der Waals surface area contributed by atoms with Gasteiger partial charge in [0, 0.05) is 39.2 Å². The maximum atomic E-state index is 11.6. The number of nitrogens with one attached hydrogen (secondary N) is 2. The van der Waals surface area contributed by atoms with Crippen LogP contribution in [0.15, 0.2) is 0 Å². The van der Waals surface area contributed by atoms with E-state index in [1.165, 1.54) is 0 Å². The first-order valence-electron chi connectivity index (χ1n) is 5.69. The highest BCUT2D eigenvalue weighted by atomic mass is 16.4. The zero-order valence-electron chi connectivity index (χ0n) is 9.69. The van der Waals surface area contributed by atoms with Gasteiger partial charge in [0.05, 0.1) is 6.54 Å². The van der Waals surface area contributed by atoms with Crippen molar-refractivity contribution in [2.45, 2.75) is 12.5 Å². The van der Waals surface area contributed by atoms with Gasteiger partial charge in [0.1, 0.15) is 6.04 Å². The van der Waals surface area contributed by atoms with Crippen LogP contribution < -0.4 is 10.6 Å². The fraction of sp³-hybridized carbons (Fsp3) is 0.800. The predicted molar refractivity (Wildman–Crippen MR) is 60.6 cm³/mol. The van der Waals surface area contributed by atoms with Gasteiger partial charge in [-0.25, -0.2) is 4.79 Å². The number of amides is 1. The van der Waals surface area contributed by atoms with Crippen molar-refractivity contribution in [3.05, 3.63) is 0 Å². The van der Waals surface area contributed by atoms with E-state index in [-0.39, 0.29) is 25.5 Å². The summed E-state index contributed by atoms with van der Waals surface area (Å²) >= 11 is 0. The Morgan fingerprint density at radius 2 is 2.00 bits per heavy atom. The van der Waals surface area contributed by atoms with Crippen LogP contribution in [-0.2, 0) is 9.59 Å². The van der Waals surface area contributed by atoms with Crippen molar-refractivity contribution in [3.8, 4) is 0 Å². The molecule has 0 aliphatic carbocycles. The molecule has 0 aromatic heterocycles. The van der Waals surface area contributed by atoms with Crippen LogP contribution in [-0.4, -0.2) is 72.4 Å². The fourth-order valence-electron chi connectivity index (χ4n) is 1.70. The van der Waals surface area contributed by atoms with Crippen molar-refractivity contribution in [1.29, 1.82) is 0 Å². The number of aliphatic hydroxyl groups is 1. The summed E-state index contributed by atoms with van der Waals surface area (Å²) in [4.78, 5) is 24.3. The van der Waals surface area contributed by atoms with E-state index in [9.17, 15) is 9.59 Å². The molecule has 0 radical (unpaired) electrons. The lowest BCUT2D eigenvalue weighted by atomic mass is 10.2. The minimum absolute atomic E-state index is 0.0304. The van der Waals surface area contributed by atoms with Gasteiger partial charge in [-0.15, -0.1) is 0 Å². The van der Waals surface area contributed by atoms with Gasteiger partial charge in [-0.1, -0.05) is 0 Å². The number of carboxylic acids is 1. The van der Waals surface area contributed by atoms with E-state index in [4.69, 9.17) is 10.2 Å². The van der Waals surface area contributed by atoms with Crippen molar-refractivity contribution in [2.24, 2.45) is 0 Å². The average molecular weight is 245 g/mol. The zero-order chi connectivity index (χ0) is 12.7. The highest BCUT2D eigenvalue weighted by Crippen LogP contribution is 1.95. The van der Waals surface area contributed by atoms with Crippen molar-refractivity contribution < 1.29 is 19.8 Å². The number of nitrogens with zero attached hydrogens (tertiary/aromatic N) is 1. The Morgan fingerprint density at radius 1 is 1.35 bits per heavy atom. The monoisotopic (exact) mass is 245 g/mol. The van der Waals surface area contributed by atoms with E-state index in [1.807, 2.05) is 4.90 Å². The first kappa shape index (κ1) is 13.9.